The molecule has 0 fully saturated rings. The highest BCUT2D eigenvalue weighted by Gasteiger charge is 2.31. The fraction of sp³-hybridized carbons (Fsp3) is 0.273. The summed E-state index contributed by atoms with van der Waals surface area (Å²) in [5.74, 6) is 0. The van der Waals surface area contributed by atoms with Crippen molar-refractivity contribution in [2.24, 2.45) is 0 Å². The topological polar surface area (TPSA) is 92.8 Å². The molecule has 0 amide bonds. The molecule has 2 rings (SSSR count). The van der Waals surface area contributed by atoms with Crippen molar-refractivity contribution in [3.8, 4) is 0 Å². The molecule has 0 saturated heterocycles. The van der Waals surface area contributed by atoms with Gasteiger partial charge in [0, 0.05) is 51.7 Å². The van der Waals surface area contributed by atoms with E-state index in [9.17, 15) is 33.4 Å². The quantitative estimate of drug-likeness (QED) is 0.422. The molecule has 2 aromatic rings. The highest BCUT2D eigenvalue weighted by molar-refractivity contribution is 5.60. The minimum absolute atomic E-state index is 0.130. The van der Waals surface area contributed by atoms with Crippen LogP contribution in [0.1, 0.15) is 22.3 Å². The van der Waals surface area contributed by atoms with Crippen molar-refractivity contribution < 1.29 is 23.0 Å². The molecule has 2 aromatic carbocycles. The third kappa shape index (κ3) is 9.42. The number of anilines is 2. The van der Waals surface area contributed by atoms with Crippen LogP contribution in [0.25, 0.3) is 12.2 Å². The summed E-state index contributed by atoms with van der Waals surface area (Å²) >= 11 is 0. The monoisotopic (exact) mass is 466 g/mol. The zero-order valence-electron chi connectivity index (χ0n) is 18.8. The van der Waals surface area contributed by atoms with E-state index >= 15 is 0 Å². The van der Waals surface area contributed by atoms with Crippen LogP contribution in [0.5, 0.6) is 0 Å². The van der Waals surface area contributed by atoms with E-state index in [2.05, 4.69) is 0 Å². The number of nitrogens with zero attached hydrogens (tertiary/aromatic N) is 4. The number of alkyl halides is 3. The molecule has 0 atom stereocenters. The SMILES string of the molecule is CN(C)c1cc(/C=C/[N+](=O)[O-])cc(C(F)(F)F)c1.Cc1cc(/C=C/[N+](=O)[O-])ccc1N(C)C. The Kier molecular flexibility index (Phi) is 9.58. The molecular weight excluding hydrogens is 441 g/mol. The van der Waals surface area contributed by atoms with Gasteiger partial charge in [0.15, 0.2) is 0 Å². The standard InChI is InChI=1S/C11H11F3N2O2.C11H14N2O2/c1-15(2)10-6-8(3-4-16(17)18)5-9(7-10)11(12,13)14;1-9-8-10(6-7-13(14)15)4-5-11(9)12(2)3/h3-7H,1-2H3;4-8H,1-3H3/b4-3+;7-6+. The zero-order valence-corrected chi connectivity index (χ0v) is 18.8. The van der Waals surface area contributed by atoms with Crippen molar-refractivity contribution in [3.05, 3.63) is 91.3 Å². The first-order valence-corrected chi connectivity index (χ1v) is 9.51. The Morgan fingerprint density at radius 2 is 1.36 bits per heavy atom. The summed E-state index contributed by atoms with van der Waals surface area (Å²) in [4.78, 5) is 22.6. The van der Waals surface area contributed by atoms with E-state index in [1.54, 1.807) is 14.1 Å². The van der Waals surface area contributed by atoms with Crippen LogP contribution in [0.15, 0.2) is 48.8 Å². The van der Waals surface area contributed by atoms with Crippen molar-refractivity contribution in [2.75, 3.05) is 38.0 Å². The lowest BCUT2D eigenvalue weighted by Crippen LogP contribution is -2.12. The second kappa shape index (κ2) is 11.7. The molecule has 33 heavy (non-hydrogen) atoms. The van der Waals surface area contributed by atoms with Crippen LogP contribution in [-0.4, -0.2) is 38.0 Å². The second-order valence-corrected chi connectivity index (χ2v) is 7.35. The van der Waals surface area contributed by atoms with Gasteiger partial charge in [-0.25, -0.2) is 0 Å². The minimum atomic E-state index is -4.48. The van der Waals surface area contributed by atoms with Gasteiger partial charge in [-0.15, -0.1) is 0 Å². The van der Waals surface area contributed by atoms with Crippen molar-refractivity contribution in [1.29, 1.82) is 0 Å². The molecule has 178 valence electrons. The van der Waals surface area contributed by atoms with Crippen LogP contribution in [0.2, 0.25) is 0 Å². The van der Waals surface area contributed by atoms with E-state index in [4.69, 9.17) is 0 Å². The predicted octanol–water partition coefficient (Wildman–Crippen LogP) is 5.33. The van der Waals surface area contributed by atoms with E-state index in [0.717, 1.165) is 41.2 Å². The van der Waals surface area contributed by atoms with Gasteiger partial charge in [0.25, 0.3) is 0 Å². The maximum Gasteiger partial charge on any atom is 0.416 e. The number of aryl methyl sites for hydroxylation is 1. The van der Waals surface area contributed by atoms with E-state index < -0.39 is 21.6 Å². The van der Waals surface area contributed by atoms with Gasteiger partial charge in [-0.05, 0) is 53.9 Å². The summed E-state index contributed by atoms with van der Waals surface area (Å²) < 4.78 is 37.9. The molecular formula is C22H25F3N4O4. The highest BCUT2D eigenvalue weighted by Crippen LogP contribution is 2.33. The number of benzene rings is 2. The average Bonchev–Trinajstić information content (AvgIpc) is 2.70. The Labute approximate surface area is 189 Å². The Bertz CT molecular complexity index is 1050. The molecule has 11 heteroatoms. The molecule has 0 bridgehead atoms. The largest absolute Gasteiger partial charge is 0.416 e. The van der Waals surface area contributed by atoms with Crippen molar-refractivity contribution >= 4 is 23.5 Å². The van der Waals surface area contributed by atoms with E-state index in [-0.39, 0.29) is 5.56 Å². The molecule has 0 aliphatic carbocycles. The van der Waals surface area contributed by atoms with Crippen LogP contribution >= 0.6 is 0 Å². The first-order chi connectivity index (χ1) is 15.2. The normalized spacial score (nSPS) is 11.3. The maximum atomic E-state index is 12.6. The molecule has 0 radical (unpaired) electrons. The number of hydrogen-bond donors (Lipinski definition) is 0. The Morgan fingerprint density at radius 3 is 1.79 bits per heavy atom. The summed E-state index contributed by atoms with van der Waals surface area (Å²) in [6.45, 7) is 1.98. The Hall–Kier alpha value is -3.89. The first-order valence-electron chi connectivity index (χ1n) is 9.51. The minimum Gasteiger partial charge on any atom is -0.378 e. The molecule has 8 nitrogen and oxygen atoms in total. The van der Waals surface area contributed by atoms with Gasteiger partial charge in [-0.2, -0.15) is 13.2 Å². The first kappa shape index (κ1) is 27.1. The maximum absolute atomic E-state index is 12.6. The molecule has 0 N–H and O–H groups in total. The molecule has 0 saturated carbocycles. The van der Waals surface area contributed by atoms with E-state index in [0.29, 0.717) is 11.9 Å². The number of nitro groups is 2. The molecule has 0 aliphatic heterocycles. The number of halogens is 3. The van der Waals surface area contributed by atoms with E-state index in [1.807, 2.05) is 44.1 Å². The summed E-state index contributed by atoms with van der Waals surface area (Å²) in [6.07, 6.45) is -0.406. The van der Waals surface area contributed by atoms with Crippen LogP contribution < -0.4 is 9.80 Å². The van der Waals surface area contributed by atoms with Crippen LogP contribution in [0, 0.1) is 27.2 Å². The average molecular weight is 466 g/mol. The van der Waals surface area contributed by atoms with E-state index in [1.165, 1.54) is 17.0 Å². The van der Waals surface area contributed by atoms with Crippen molar-refractivity contribution in [3.63, 3.8) is 0 Å². The number of rotatable bonds is 6. The Balaban J connectivity index is 0.000000335. The van der Waals surface area contributed by atoms with Crippen LogP contribution in [-0.2, 0) is 6.18 Å². The van der Waals surface area contributed by atoms with Gasteiger partial charge < -0.3 is 9.80 Å². The van der Waals surface area contributed by atoms with Gasteiger partial charge in [0.05, 0.1) is 15.4 Å². The lowest BCUT2D eigenvalue weighted by molar-refractivity contribution is -0.401. The molecule has 0 spiro atoms. The van der Waals surface area contributed by atoms with Gasteiger partial charge in [-0.1, -0.05) is 6.07 Å². The summed E-state index contributed by atoms with van der Waals surface area (Å²) in [6, 6.07) is 9.04. The lowest BCUT2D eigenvalue weighted by atomic mass is 10.1. The van der Waals surface area contributed by atoms with Gasteiger partial charge in [0.2, 0.25) is 12.4 Å². The molecule has 0 aromatic heterocycles. The van der Waals surface area contributed by atoms with Gasteiger partial charge in [-0.3, -0.25) is 20.2 Å². The highest BCUT2D eigenvalue weighted by atomic mass is 19.4. The van der Waals surface area contributed by atoms with Crippen LogP contribution in [0.4, 0.5) is 24.5 Å². The number of hydrogen-bond acceptors (Lipinski definition) is 6. The summed E-state index contributed by atoms with van der Waals surface area (Å²) in [5, 5.41) is 20.3. The van der Waals surface area contributed by atoms with Crippen LogP contribution in [0.3, 0.4) is 0 Å². The predicted molar refractivity (Wildman–Crippen MR) is 123 cm³/mol. The van der Waals surface area contributed by atoms with Crippen molar-refractivity contribution in [1.82, 2.24) is 0 Å². The summed E-state index contributed by atoms with van der Waals surface area (Å²) in [5.41, 5.74) is 2.68. The second-order valence-electron chi connectivity index (χ2n) is 7.35. The third-order valence-corrected chi connectivity index (χ3v) is 4.26. The fourth-order valence-corrected chi connectivity index (χ4v) is 2.73. The molecule has 0 heterocycles. The molecule has 0 aliphatic rings. The van der Waals surface area contributed by atoms with Gasteiger partial charge in [0.1, 0.15) is 0 Å². The van der Waals surface area contributed by atoms with Gasteiger partial charge >= 0.3 is 6.18 Å². The fourth-order valence-electron chi connectivity index (χ4n) is 2.73. The smallest absolute Gasteiger partial charge is 0.378 e. The lowest BCUT2D eigenvalue weighted by Gasteiger charge is -2.16. The third-order valence-electron chi connectivity index (χ3n) is 4.26. The Morgan fingerprint density at radius 1 is 0.818 bits per heavy atom. The van der Waals surface area contributed by atoms with Crippen molar-refractivity contribution in [2.45, 2.75) is 13.1 Å². The zero-order chi connectivity index (χ0) is 25.3. The summed E-state index contributed by atoms with van der Waals surface area (Å²) in [7, 11) is 7.12. The molecule has 0 unspecified atom stereocenters.